The monoisotopic (exact) mass is 309 g/mol. The van der Waals surface area contributed by atoms with Crippen LogP contribution in [0, 0.1) is 5.82 Å². The molecule has 0 fully saturated rings. The Kier molecular flexibility index (Phi) is 4.33. The molecule has 0 amide bonds. The van der Waals surface area contributed by atoms with Crippen LogP contribution in [0.4, 0.5) is 4.39 Å². The SMILES string of the molecule is NCc1ccc(F)cc1COc1cccc(Br)c1. The second-order valence-corrected chi connectivity index (χ2v) is 4.78. The molecule has 2 aromatic carbocycles. The largest absolute Gasteiger partial charge is 0.489 e. The van der Waals surface area contributed by atoms with Gasteiger partial charge in [-0.3, -0.25) is 0 Å². The smallest absolute Gasteiger partial charge is 0.123 e. The van der Waals surface area contributed by atoms with Crippen LogP contribution in [0.25, 0.3) is 0 Å². The van der Waals surface area contributed by atoms with Gasteiger partial charge in [0, 0.05) is 11.0 Å². The van der Waals surface area contributed by atoms with E-state index in [9.17, 15) is 4.39 Å². The topological polar surface area (TPSA) is 35.2 Å². The molecule has 0 radical (unpaired) electrons. The van der Waals surface area contributed by atoms with Crippen molar-refractivity contribution in [3.63, 3.8) is 0 Å². The molecule has 18 heavy (non-hydrogen) atoms. The maximum Gasteiger partial charge on any atom is 0.123 e. The second kappa shape index (κ2) is 5.98. The van der Waals surface area contributed by atoms with E-state index >= 15 is 0 Å². The molecule has 0 atom stereocenters. The number of benzene rings is 2. The van der Waals surface area contributed by atoms with E-state index < -0.39 is 0 Å². The van der Waals surface area contributed by atoms with Gasteiger partial charge in [-0.05, 0) is 41.5 Å². The number of hydrogen-bond acceptors (Lipinski definition) is 2. The number of ether oxygens (including phenoxy) is 1. The first-order valence-electron chi connectivity index (χ1n) is 5.55. The van der Waals surface area contributed by atoms with Crippen molar-refractivity contribution in [2.45, 2.75) is 13.2 Å². The molecule has 0 spiro atoms. The highest BCUT2D eigenvalue weighted by Gasteiger charge is 2.04. The van der Waals surface area contributed by atoms with Crippen LogP contribution in [0.5, 0.6) is 5.75 Å². The zero-order chi connectivity index (χ0) is 13.0. The summed E-state index contributed by atoms with van der Waals surface area (Å²) >= 11 is 3.37. The molecule has 0 aromatic heterocycles. The van der Waals surface area contributed by atoms with Gasteiger partial charge in [0.1, 0.15) is 18.2 Å². The summed E-state index contributed by atoms with van der Waals surface area (Å²) in [5.74, 6) is 0.455. The minimum atomic E-state index is -0.278. The highest BCUT2D eigenvalue weighted by molar-refractivity contribution is 9.10. The van der Waals surface area contributed by atoms with Crippen LogP contribution in [0.15, 0.2) is 46.9 Å². The van der Waals surface area contributed by atoms with E-state index in [-0.39, 0.29) is 5.82 Å². The first-order chi connectivity index (χ1) is 8.69. The fourth-order valence-corrected chi connectivity index (χ4v) is 2.02. The number of hydrogen-bond donors (Lipinski definition) is 1. The van der Waals surface area contributed by atoms with E-state index in [1.54, 1.807) is 6.07 Å². The molecule has 2 rings (SSSR count). The summed E-state index contributed by atoms with van der Waals surface area (Å²) in [6, 6.07) is 12.1. The Hall–Kier alpha value is -1.39. The van der Waals surface area contributed by atoms with Crippen LogP contribution in [-0.2, 0) is 13.2 Å². The number of halogens is 2. The number of nitrogens with two attached hydrogens (primary N) is 1. The Bertz CT molecular complexity index is 545. The zero-order valence-electron chi connectivity index (χ0n) is 9.70. The van der Waals surface area contributed by atoms with Gasteiger partial charge in [-0.2, -0.15) is 0 Å². The molecule has 0 unspecified atom stereocenters. The molecular formula is C14H13BrFNO. The Morgan fingerprint density at radius 1 is 1.11 bits per heavy atom. The summed E-state index contributed by atoms with van der Waals surface area (Å²) in [5, 5.41) is 0. The van der Waals surface area contributed by atoms with Gasteiger partial charge in [0.15, 0.2) is 0 Å². The first kappa shape index (κ1) is 13.1. The summed E-state index contributed by atoms with van der Waals surface area (Å²) in [6.07, 6.45) is 0. The first-order valence-corrected chi connectivity index (χ1v) is 6.34. The van der Waals surface area contributed by atoms with Crippen LogP contribution in [-0.4, -0.2) is 0 Å². The third kappa shape index (κ3) is 3.31. The quantitative estimate of drug-likeness (QED) is 0.936. The summed E-state index contributed by atoms with van der Waals surface area (Å²) in [5.41, 5.74) is 7.28. The normalized spacial score (nSPS) is 10.4. The molecule has 2 N–H and O–H groups in total. The van der Waals surface area contributed by atoms with E-state index in [2.05, 4.69) is 15.9 Å². The van der Waals surface area contributed by atoms with Gasteiger partial charge in [-0.25, -0.2) is 4.39 Å². The van der Waals surface area contributed by atoms with Gasteiger partial charge in [-0.15, -0.1) is 0 Å². The number of rotatable bonds is 4. The average Bonchev–Trinajstić information content (AvgIpc) is 2.37. The minimum absolute atomic E-state index is 0.278. The van der Waals surface area contributed by atoms with Gasteiger partial charge in [0.2, 0.25) is 0 Å². The second-order valence-electron chi connectivity index (χ2n) is 3.86. The average molecular weight is 310 g/mol. The molecule has 4 heteroatoms. The van der Waals surface area contributed by atoms with Gasteiger partial charge in [0.05, 0.1) is 0 Å². The highest BCUT2D eigenvalue weighted by Crippen LogP contribution is 2.20. The molecular weight excluding hydrogens is 297 g/mol. The van der Waals surface area contributed by atoms with Gasteiger partial charge in [0.25, 0.3) is 0 Å². The molecule has 2 aromatic rings. The van der Waals surface area contributed by atoms with E-state index in [0.29, 0.717) is 13.2 Å². The van der Waals surface area contributed by atoms with Crippen molar-refractivity contribution >= 4 is 15.9 Å². The van der Waals surface area contributed by atoms with Crippen LogP contribution < -0.4 is 10.5 Å². The summed E-state index contributed by atoms with van der Waals surface area (Å²) in [4.78, 5) is 0. The van der Waals surface area contributed by atoms with Crippen molar-refractivity contribution in [3.8, 4) is 5.75 Å². The molecule has 0 bridgehead atoms. The molecule has 0 saturated carbocycles. The third-order valence-corrected chi connectivity index (χ3v) is 3.07. The van der Waals surface area contributed by atoms with Crippen molar-refractivity contribution in [3.05, 3.63) is 63.9 Å². The molecule has 2 nitrogen and oxygen atoms in total. The molecule has 0 aliphatic carbocycles. The Morgan fingerprint density at radius 2 is 1.94 bits per heavy atom. The minimum Gasteiger partial charge on any atom is -0.489 e. The van der Waals surface area contributed by atoms with E-state index in [1.807, 2.05) is 24.3 Å². The lowest BCUT2D eigenvalue weighted by Gasteiger charge is -2.10. The fraction of sp³-hybridized carbons (Fsp3) is 0.143. The van der Waals surface area contributed by atoms with Crippen molar-refractivity contribution in [1.82, 2.24) is 0 Å². The molecule has 94 valence electrons. The van der Waals surface area contributed by atoms with Crippen molar-refractivity contribution in [1.29, 1.82) is 0 Å². The zero-order valence-corrected chi connectivity index (χ0v) is 11.3. The maximum atomic E-state index is 13.2. The summed E-state index contributed by atoms with van der Waals surface area (Å²) in [6.45, 7) is 0.679. The van der Waals surface area contributed by atoms with Gasteiger partial charge >= 0.3 is 0 Å². The van der Waals surface area contributed by atoms with E-state index in [1.165, 1.54) is 12.1 Å². The van der Waals surface area contributed by atoms with Gasteiger partial charge < -0.3 is 10.5 Å². The van der Waals surface area contributed by atoms with E-state index in [4.69, 9.17) is 10.5 Å². The fourth-order valence-electron chi connectivity index (χ4n) is 1.65. The summed E-state index contributed by atoms with van der Waals surface area (Å²) in [7, 11) is 0. The van der Waals surface area contributed by atoms with Crippen molar-refractivity contribution in [2.24, 2.45) is 5.73 Å². The van der Waals surface area contributed by atoms with Crippen LogP contribution in [0.3, 0.4) is 0 Å². The maximum absolute atomic E-state index is 13.2. The van der Waals surface area contributed by atoms with Crippen LogP contribution in [0.1, 0.15) is 11.1 Å². The van der Waals surface area contributed by atoms with E-state index in [0.717, 1.165) is 21.3 Å². The predicted octanol–water partition coefficient (Wildman–Crippen LogP) is 3.63. The lowest BCUT2D eigenvalue weighted by molar-refractivity contribution is 0.304. The van der Waals surface area contributed by atoms with Crippen molar-refractivity contribution in [2.75, 3.05) is 0 Å². The van der Waals surface area contributed by atoms with Crippen molar-refractivity contribution < 1.29 is 9.13 Å². The summed E-state index contributed by atoms with van der Waals surface area (Å²) < 4.78 is 19.7. The Labute approximate surface area is 114 Å². The molecule has 0 aliphatic rings. The highest BCUT2D eigenvalue weighted by atomic mass is 79.9. The van der Waals surface area contributed by atoms with Crippen LogP contribution >= 0.6 is 15.9 Å². The molecule has 0 saturated heterocycles. The van der Waals surface area contributed by atoms with Crippen LogP contribution in [0.2, 0.25) is 0 Å². The lowest BCUT2D eigenvalue weighted by Crippen LogP contribution is -2.05. The standard InChI is InChI=1S/C14H13BrFNO/c15-12-2-1-3-14(7-12)18-9-11-6-13(16)5-4-10(11)8-17/h1-7H,8-9,17H2. The Balaban J connectivity index is 2.12. The van der Waals surface area contributed by atoms with Gasteiger partial charge in [-0.1, -0.05) is 28.1 Å². The molecule has 0 aliphatic heterocycles. The Morgan fingerprint density at radius 3 is 2.67 bits per heavy atom. The third-order valence-electron chi connectivity index (χ3n) is 2.58. The predicted molar refractivity (Wildman–Crippen MR) is 72.8 cm³/mol. The lowest BCUT2D eigenvalue weighted by atomic mass is 10.1. The molecule has 0 heterocycles.